The van der Waals surface area contributed by atoms with E-state index in [1.807, 2.05) is 0 Å². The molecule has 116 valence electrons. The predicted octanol–water partition coefficient (Wildman–Crippen LogP) is 3.85. The normalized spacial score (nSPS) is 10.9. The van der Waals surface area contributed by atoms with Gasteiger partial charge in [-0.25, -0.2) is 0 Å². The number of halogens is 3. The summed E-state index contributed by atoms with van der Waals surface area (Å²) in [7, 11) is 1.49. The summed E-state index contributed by atoms with van der Waals surface area (Å²) in [5.41, 5.74) is 0.211. The third-order valence-electron chi connectivity index (χ3n) is 2.71. The fraction of sp³-hybridized carbons (Fsp3) is 0.133. The van der Waals surface area contributed by atoms with Crippen LogP contribution in [0.25, 0.3) is 0 Å². The fourth-order valence-corrected chi connectivity index (χ4v) is 1.72. The van der Waals surface area contributed by atoms with Crippen LogP contribution in [0.4, 0.5) is 18.9 Å². The largest absolute Gasteiger partial charge is 0.573 e. The third kappa shape index (κ3) is 4.15. The third-order valence-corrected chi connectivity index (χ3v) is 2.71. The second kappa shape index (κ2) is 6.38. The summed E-state index contributed by atoms with van der Waals surface area (Å²) in [6, 6.07) is 11.5. The molecule has 0 fully saturated rings. The summed E-state index contributed by atoms with van der Waals surface area (Å²) in [5.74, 6) is -0.463. The molecule has 0 aliphatic carbocycles. The van der Waals surface area contributed by atoms with Crippen LogP contribution in [0.3, 0.4) is 0 Å². The van der Waals surface area contributed by atoms with Crippen LogP contribution >= 0.6 is 0 Å². The Kier molecular flexibility index (Phi) is 4.55. The van der Waals surface area contributed by atoms with E-state index >= 15 is 0 Å². The molecule has 2 rings (SSSR count). The zero-order chi connectivity index (χ0) is 16.2. The lowest BCUT2D eigenvalue weighted by Gasteiger charge is -2.13. The van der Waals surface area contributed by atoms with Crippen LogP contribution in [0.2, 0.25) is 0 Å². The van der Waals surface area contributed by atoms with Gasteiger partial charge in [0.05, 0.1) is 12.8 Å². The summed E-state index contributed by atoms with van der Waals surface area (Å²) < 4.78 is 45.8. The second-order valence-corrected chi connectivity index (χ2v) is 4.23. The number of ether oxygens (including phenoxy) is 2. The van der Waals surface area contributed by atoms with Gasteiger partial charge in [-0.1, -0.05) is 12.1 Å². The van der Waals surface area contributed by atoms with Crippen molar-refractivity contribution in [3.8, 4) is 11.5 Å². The summed E-state index contributed by atoms with van der Waals surface area (Å²) in [5, 5.41) is 2.38. The van der Waals surface area contributed by atoms with Crippen LogP contribution in [0.15, 0.2) is 48.5 Å². The number of alkyl halides is 3. The van der Waals surface area contributed by atoms with Crippen molar-refractivity contribution < 1.29 is 27.4 Å². The number of carbonyl (C=O) groups excluding carboxylic acids is 1. The lowest BCUT2D eigenvalue weighted by Crippen LogP contribution is -2.19. The van der Waals surface area contributed by atoms with E-state index in [1.54, 1.807) is 12.1 Å². The number of methoxy groups -OCH3 is 1. The first kappa shape index (κ1) is 15.7. The summed E-state index contributed by atoms with van der Waals surface area (Å²) in [6.07, 6.45) is -4.83. The van der Waals surface area contributed by atoms with Gasteiger partial charge in [0.25, 0.3) is 5.91 Å². The number of hydrogen-bond donors (Lipinski definition) is 1. The van der Waals surface area contributed by atoms with E-state index in [0.717, 1.165) is 6.07 Å². The van der Waals surface area contributed by atoms with E-state index in [-0.39, 0.29) is 11.3 Å². The number of para-hydroxylation sites is 2. The Bertz CT molecular complexity index is 654. The van der Waals surface area contributed by atoms with Crippen LogP contribution in [0, 0.1) is 0 Å². The molecule has 1 N–H and O–H groups in total. The molecule has 0 aliphatic rings. The van der Waals surface area contributed by atoms with E-state index in [2.05, 4.69) is 10.1 Å². The van der Waals surface area contributed by atoms with Crippen molar-refractivity contribution >= 4 is 11.6 Å². The van der Waals surface area contributed by atoms with Gasteiger partial charge in [-0.05, 0) is 36.4 Å². The van der Waals surface area contributed by atoms with Crippen molar-refractivity contribution in [3.05, 3.63) is 54.1 Å². The maximum atomic E-state index is 12.3. The van der Waals surface area contributed by atoms with Crippen LogP contribution in [-0.2, 0) is 0 Å². The SMILES string of the molecule is COc1ccc(C(=O)Nc2ccccc2OC(F)(F)F)cc1. The van der Waals surface area contributed by atoms with Crippen molar-refractivity contribution in [3.63, 3.8) is 0 Å². The Morgan fingerprint density at radius 1 is 1.05 bits per heavy atom. The molecule has 0 atom stereocenters. The maximum absolute atomic E-state index is 12.3. The monoisotopic (exact) mass is 311 g/mol. The molecule has 0 unspecified atom stereocenters. The van der Waals surface area contributed by atoms with Crippen molar-refractivity contribution in [2.24, 2.45) is 0 Å². The van der Waals surface area contributed by atoms with Gasteiger partial charge in [-0.3, -0.25) is 4.79 Å². The standard InChI is InChI=1S/C15H12F3NO3/c1-21-11-8-6-10(7-9-11)14(20)19-12-4-2-3-5-13(12)22-15(16,17)18/h2-9H,1H3,(H,19,20). The van der Waals surface area contributed by atoms with Gasteiger partial charge in [0.2, 0.25) is 0 Å². The first-order chi connectivity index (χ1) is 10.4. The Hall–Kier alpha value is -2.70. The van der Waals surface area contributed by atoms with E-state index in [9.17, 15) is 18.0 Å². The molecule has 0 heterocycles. The highest BCUT2D eigenvalue weighted by atomic mass is 19.4. The van der Waals surface area contributed by atoms with Gasteiger partial charge in [0.15, 0.2) is 5.75 Å². The number of benzene rings is 2. The lowest BCUT2D eigenvalue weighted by molar-refractivity contribution is -0.274. The Labute approximate surface area is 124 Å². The van der Waals surface area contributed by atoms with Gasteiger partial charge >= 0.3 is 6.36 Å². The van der Waals surface area contributed by atoms with Crippen LogP contribution in [0.1, 0.15) is 10.4 Å². The zero-order valence-electron chi connectivity index (χ0n) is 11.5. The second-order valence-electron chi connectivity index (χ2n) is 4.23. The first-order valence-corrected chi connectivity index (χ1v) is 6.19. The van der Waals surface area contributed by atoms with E-state index in [4.69, 9.17) is 4.74 Å². The number of nitrogens with one attached hydrogen (secondary N) is 1. The molecule has 1 amide bonds. The molecule has 0 bridgehead atoms. The van der Waals surface area contributed by atoms with Gasteiger partial charge in [0, 0.05) is 5.56 Å². The van der Waals surface area contributed by atoms with Gasteiger partial charge in [-0.15, -0.1) is 13.2 Å². The fourth-order valence-electron chi connectivity index (χ4n) is 1.72. The van der Waals surface area contributed by atoms with Crippen molar-refractivity contribution in [2.45, 2.75) is 6.36 Å². The number of amides is 1. The Morgan fingerprint density at radius 2 is 1.68 bits per heavy atom. The van der Waals surface area contributed by atoms with Crippen molar-refractivity contribution in [1.82, 2.24) is 0 Å². The summed E-state index contributed by atoms with van der Waals surface area (Å²) in [4.78, 5) is 12.0. The molecule has 4 nitrogen and oxygen atoms in total. The number of hydrogen-bond acceptors (Lipinski definition) is 3. The number of rotatable bonds is 4. The number of carbonyl (C=O) groups is 1. The van der Waals surface area contributed by atoms with Crippen LogP contribution in [0.5, 0.6) is 11.5 Å². The topological polar surface area (TPSA) is 47.6 Å². The highest BCUT2D eigenvalue weighted by molar-refractivity contribution is 6.05. The number of anilines is 1. The molecule has 7 heteroatoms. The smallest absolute Gasteiger partial charge is 0.497 e. The lowest BCUT2D eigenvalue weighted by atomic mass is 10.2. The molecule has 0 spiro atoms. The van der Waals surface area contributed by atoms with E-state index in [0.29, 0.717) is 5.75 Å². The van der Waals surface area contributed by atoms with E-state index in [1.165, 1.54) is 37.4 Å². The Balaban J connectivity index is 2.17. The highest BCUT2D eigenvalue weighted by Crippen LogP contribution is 2.30. The van der Waals surface area contributed by atoms with Crippen molar-refractivity contribution in [1.29, 1.82) is 0 Å². The first-order valence-electron chi connectivity index (χ1n) is 6.19. The average molecular weight is 311 g/mol. The predicted molar refractivity (Wildman–Crippen MR) is 74.1 cm³/mol. The molecule has 2 aromatic rings. The highest BCUT2D eigenvalue weighted by Gasteiger charge is 2.32. The van der Waals surface area contributed by atoms with Crippen LogP contribution in [-0.4, -0.2) is 19.4 Å². The molecular formula is C15H12F3NO3. The minimum atomic E-state index is -4.83. The molecule has 0 saturated carbocycles. The summed E-state index contributed by atoms with van der Waals surface area (Å²) in [6.45, 7) is 0. The molecule has 0 aliphatic heterocycles. The average Bonchev–Trinajstić information content (AvgIpc) is 2.48. The van der Waals surface area contributed by atoms with Crippen LogP contribution < -0.4 is 14.8 Å². The molecule has 0 aromatic heterocycles. The van der Waals surface area contributed by atoms with Gasteiger partial charge in [0.1, 0.15) is 5.75 Å². The minimum absolute atomic E-state index is 0.0688. The zero-order valence-corrected chi connectivity index (χ0v) is 11.5. The summed E-state index contributed by atoms with van der Waals surface area (Å²) >= 11 is 0. The minimum Gasteiger partial charge on any atom is -0.497 e. The van der Waals surface area contributed by atoms with Gasteiger partial charge < -0.3 is 14.8 Å². The Morgan fingerprint density at radius 3 is 2.27 bits per heavy atom. The quantitative estimate of drug-likeness (QED) is 0.933. The molecule has 2 aromatic carbocycles. The molecule has 0 saturated heterocycles. The molecule has 22 heavy (non-hydrogen) atoms. The maximum Gasteiger partial charge on any atom is 0.573 e. The molecule has 0 radical (unpaired) electrons. The van der Waals surface area contributed by atoms with Crippen molar-refractivity contribution in [2.75, 3.05) is 12.4 Å². The van der Waals surface area contributed by atoms with E-state index < -0.39 is 18.0 Å². The molecular weight excluding hydrogens is 299 g/mol. The van der Waals surface area contributed by atoms with Gasteiger partial charge in [-0.2, -0.15) is 0 Å².